The first-order chi connectivity index (χ1) is 11.8. The number of hydrogen-bond acceptors (Lipinski definition) is 6. The zero-order valence-electron chi connectivity index (χ0n) is 12.2. The maximum absolute atomic E-state index is 12.6. The Morgan fingerprint density at radius 2 is 2.08 bits per heavy atom. The number of hydrogen-bond donors (Lipinski definition) is 1. The predicted molar refractivity (Wildman–Crippen MR) is 92.2 cm³/mol. The summed E-state index contributed by atoms with van der Waals surface area (Å²) in [5.74, 6) is -0.244. The highest BCUT2D eigenvalue weighted by Crippen LogP contribution is 2.37. The van der Waals surface area contributed by atoms with E-state index in [1.165, 1.54) is 30.3 Å². The SMILES string of the molecule is N#Cc1ccc(OS(=O)(=O)c2cc3c(cc2Br)NC(=O)CO3)c(Cl)c1. The molecule has 0 aliphatic carbocycles. The Labute approximate surface area is 156 Å². The number of anilines is 1. The van der Waals surface area contributed by atoms with Gasteiger partial charge in [-0.05, 0) is 40.2 Å². The van der Waals surface area contributed by atoms with Crippen LogP contribution in [0.2, 0.25) is 5.02 Å². The Balaban J connectivity index is 1.98. The van der Waals surface area contributed by atoms with Crippen molar-refractivity contribution in [2.45, 2.75) is 4.90 Å². The van der Waals surface area contributed by atoms with Crippen LogP contribution in [0.15, 0.2) is 39.7 Å². The predicted octanol–water partition coefficient (Wildman–Crippen LogP) is 3.07. The van der Waals surface area contributed by atoms with Crippen molar-refractivity contribution in [3.63, 3.8) is 0 Å². The molecule has 1 amide bonds. The van der Waals surface area contributed by atoms with E-state index in [-0.39, 0.29) is 44.0 Å². The third-order valence-corrected chi connectivity index (χ3v) is 5.69. The number of rotatable bonds is 3. The molecule has 0 fully saturated rings. The van der Waals surface area contributed by atoms with Crippen LogP contribution in [0.4, 0.5) is 5.69 Å². The fourth-order valence-electron chi connectivity index (χ4n) is 2.07. The maximum atomic E-state index is 12.6. The summed E-state index contributed by atoms with van der Waals surface area (Å²) >= 11 is 9.09. The molecule has 3 rings (SSSR count). The van der Waals surface area contributed by atoms with Crippen molar-refractivity contribution in [3.05, 3.63) is 45.4 Å². The number of carbonyl (C=O) groups excluding carboxylic acids is 1. The average Bonchev–Trinajstić information content (AvgIpc) is 2.55. The Hall–Kier alpha value is -2.28. The zero-order valence-corrected chi connectivity index (χ0v) is 15.4. The molecule has 1 aliphatic heterocycles. The van der Waals surface area contributed by atoms with Crippen LogP contribution in [0.3, 0.4) is 0 Å². The van der Waals surface area contributed by atoms with E-state index >= 15 is 0 Å². The molecule has 0 bridgehead atoms. The molecule has 128 valence electrons. The maximum Gasteiger partial charge on any atom is 0.340 e. The van der Waals surface area contributed by atoms with Gasteiger partial charge >= 0.3 is 10.1 Å². The van der Waals surface area contributed by atoms with Gasteiger partial charge in [-0.15, -0.1) is 0 Å². The highest BCUT2D eigenvalue weighted by molar-refractivity contribution is 9.10. The topological polar surface area (TPSA) is 105 Å². The van der Waals surface area contributed by atoms with E-state index in [2.05, 4.69) is 21.2 Å². The number of carbonyl (C=O) groups is 1. The number of fused-ring (bicyclic) bond motifs is 1. The van der Waals surface area contributed by atoms with Gasteiger partial charge in [0, 0.05) is 10.5 Å². The molecule has 0 unspecified atom stereocenters. The number of nitrogens with zero attached hydrogens (tertiary/aromatic N) is 1. The molecule has 10 heteroatoms. The summed E-state index contributed by atoms with van der Waals surface area (Å²) in [5, 5.41) is 11.4. The summed E-state index contributed by atoms with van der Waals surface area (Å²) < 4.78 is 35.6. The molecule has 25 heavy (non-hydrogen) atoms. The summed E-state index contributed by atoms with van der Waals surface area (Å²) in [6, 6.07) is 8.51. The number of halogens is 2. The Morgan fingerprint density at radius 1 is 1.32 bits per heavy atom. The van der Waals surface area contributed by atoms with E-state index in [0.717, 1.165) is 0 Å². The van der Waals surface area contributed by atoms with E-state index in [1.807, 2.05) is 6.07 Å². The molecular formula is C15H8BrClN2O5S. The van der Waals surface area contributed by atoms with Crippen LogP contribution in [0.5, 0.6) is 11.5 Å². The monoisotopic (exact) mass is 442 g/mol. The highest BCUT2D eigenvalue weighted by Gasteiger charge is 2.26. The number of ether oxygens (including phenoxy) is 1. The second-order valence-corrected chi connectivity index (χ2v) is 7.69. The largest absolute Gasteiger partial charge is 0.482 e. The Kier molecular flexibility index (Phi) is 4.60. The quantitative estimate of drug-likeness (QED) is 0.731. The third-order valence-electron chi connectivity index (χ3n) is 3.20. The fraction of sp³-hybridized carbons (Fsp3) is 0.0667. The van der Waals surface area contributed by atoms with Crippen LogP contribution in [0.25, 0.3) is 0 Å². The summed E-state index contributed by atoms with van der Waals surface area (Å²) in [6.45, 7) is -0.212. The molecule has 0 radical (unpaired) electrons. The first-order valence-corrected chi connectivity index (χ1v) is 9.28. The van der Waals surface area contributed by atoms with Gasteiger partial charge in [-0.25, -0.2) is 0 Å². The molecule has 0 aromatic heterocycles. The molecule has 0 spiro atoms. The van der Waals surface area contributed by atoms with Crippen molar-refractivity contribution < 1.29 is 22.1 Å². The zero-order chi connectivity index (χ0) is 18.2. The molecule has 0 saturated heterocycles. The minimum atomic E-state index is -4.24. The van der Waals surface area contributed by atoms with Gasteiger partial charge in [-0.1, -0.05) is 11.6 Å². The van der Waals surface area contributed by atoms with Crippen LogP contribution in [0, 0.1) is 11.3 Å². The lowest BCUT2D eigenvalue weighted by Crippen LogP contribution is -2.25. The molecule has 2 aromatic carbocycles. The smallest absolute Gasteiger partial charge is 0.340 e. The molecule has 1 heterocycles. The third kappa shape index (κ3) is 3.56. The van der Waals surface area contributed by atoms with Crippen LogP contribution in [-0.4, -0.2) is 20.9 Å². The number of benzene rings is 2. The molecule has 0 atom stereocenters. The average molecular weight is 444 g/mol. The van der Waals surface area contributed by atoms with Crippen LogP contribution < -0.4 is 14.2 Å². The summed E-state index contributed by atoms with van der Waals surface area (Å²) in [7, 11) is -4.24. The van der Waals surface area contributed by atoms with Gasteiger partial charge in [0.25, 0.3) is 5.91 Å². The lowest BCUT2D eigenvalue weighted by atomic mass is 10.2. The molecule has 2 aromatic rings. The standard InChI is InChI=1S/C15H8BrClN2O5S/c16-9-4-11-13(23-7-15(20)19-11)5-14(9)25(21,22)24-12-2-1-8(6-18)3-10(12)17/h1-5H,7H2,(H,19,20). The van der Waals surface area contributed by atoms with Gasteiger partial charge in [-0.3, -0.25) is 4.79 Å². The van der Waals surface area contributed by atoms with Gasteiger partial charge in [0.05, 0.1) is 22.3 Å². The number of nitrogens with one attached hydrogen (secondary N) is 1. The van der Waals surface area contributed by atoms with Gasteiger partial charge in [0.15, 0.2) is 12.4 Å². The van der Waals surface area contributed by atoms with Gasteiger partial charge in [0.1, 0.15) is 10.6 Å². The second kappa shape index (κ2) is 6.55. The van der Waals surface area contributed by atoms with Crippen LogP contribution in [0.1, 0.15) is 5.56 Å². The van der Waals surface area contributed by atoms with Crippen molar-refractivity contribution in [3.8, 4) is 17.6 Å². The number of nitriles is 1. The summed E-state index contributed by atoms with van der Waals surface area (Å²) in [5.41, 5.74) is 0.618. The van der Waals surface area contributed by atoms with E-state index in [0.29, 0.717) is 5.69 Å². The summed E-state index contributed by atoms with van der Waals surface area (Å²) in [4.78, 5) is 11.1. The molecule has 1 N–H and O–H groups in total. The molecule has 1 aliphatic rings. The second-order valence-electron chi connectivity index (χ2n) is 4.91. The minimum Gasteiger partial charge on any atom is -0.482 e. The van der Waals surface area contributed by atoms with Crippen LogP contribution >= 0.6 is 27.5 Å². The van der Waals surface area contributed by atoms with Gasteiger partial charge in [-0.2, -0.15) is 13.7 Å². The lowest BCUT2D eigenvalue weighted by molar-refractivity contribution is -0.118. The van der Waals surface area contributed by atoms with Crippen molar-refractivity contribution in [2.75, 3.05) is 11.9 Å². The molecular weight excluding hydrogens is 436 g/mol. The van der Waals surface area contributed by atoms with Crippen molar-refractivity contribution >= 4 is 49.2 Å². The first kappa shape index (κ1) is 17.5. The van der Waals surface area contributed by atoms with E-state index in [4.69, 9.17) is 25.8 Å². The highest BCUT2D eigenvalue weighted by atomic mass is 79.9. The van der Waals surface area contributed by atoms with Crippen molar-refractivity contribution in [1.29, 1.82) is 5.26 Å². The lowest BCUT2D eigenvalue weighted by Gasteiger charge is -2.19. The van der Waals surface area contributed by atoms with E-state index in [9.17, 15) is 13.2 Å². The first-order valence-electron chi connectivity index (χ1n) is 6.70. The van der Waals surface area contributed by atoms with Crippen molar-refractivity contribution in [1.82, 2.24) is 0 Å². The van der Waals surface area contributed by atoms with Crippen LogP contribution in [-0.2, 0) is 14.9 Å². The molecule has 7 nitrogen and oxygen atoms in total. The van der Waals surface area contributed by atoms with E-state index in [1.54, 1.807) is 0 Å². The Bertz CT molecular complexity index is 1030. The van der Waals surface area contributed by atoms with Crippen molar-refractivity contribution in [2.24, 2.45) is 0 Å². The van der Waals surface area contributed by atoms with Gasteiger partial charge < -0.3 is 14.2 Å². The summed E-state index contributed by atoms with van der Waals surface area (Å²) in [6.07, 6.45) is 0. The fourth-order valence-corrected chi connectivity index (χ4v) is 4.30. The van der Waals surface area contributed by atoms with Gasteiger partial charge in [0.2, 0.25) is 0 Å². The molecule has 0 saturated carbocycles. The van der Waals surface area contributed by atoms with E-state index < -0.39 is 10.1 Å². The minimum absolute atomic E-state index is 0.0137. The Morgan fingerprint density at radius 3 is 2.76 bits per heavy atom. The normalized spacial score (nSPS) is 13.2. The number of amides is 1.